The molecule has 1 aromatic heterocycles. The Bertz CT molecular complexity index is 1020. The summed E-state index contributed by atoms with van der Waals surface area (Å²) in [4.78, 5) is 19.1. The van der Waals surface area contributed by atoms with E-state index < -0.39 is 17.5 Å². The van der Waals surface area contributed by atoms with E-state index in [-0.39, 0.29) is 12.1 Å². The molecule has 4 nitrogen and oxygen atoms in total. The van der Waals surface area contributed by atoms with Crippen LogP contribution in [0.5, 0.6) is 0 Å². The maximum Gasteiger partial charge on any atom is 0.257 e. The second-order valence-electron chi connectivity index (χ2n) is 7.23. The summed E-state index contributed by atoms with van der Waals surface area (Å²) < 4.78 is 29.7. The fraction of sp³-hybridized carbons (Fsp3) is 0.333. The van der Waals surface area contributed by atoms with Crippen molar-refractivity contribution in [2.75, 3.05) is 6.54 Å². The molecule has 0 fully saturated rings. The molecule has 1 heterocycles. The molecule has 0 spiro atoms. The van der Waals surface area contributed by atoms with E-state index in [1.807, 2.05) is 31.5 Å². The second-order valence-corrected chi connectivity index (χ2v) is 7.67. The number of rotatable bonds is 6. The van der Waals surface area contributed by atoms with Crippen molar-refractivity contribution in [3.8, 4) is 0 Å². The Kier molecular flexibility index (Phi) is 5.98. The van der Waals surface area contributed by atoms with Crippen LogP contribution in [0.25, 0.3) is 11.0 Å². The number of aryl methyl sites for hydroxylation is 1. The average molecular weight is 406 g/mol. The molecule has 1 amide bonds. The first-order chi connectivity index (χ1) is 13.3. The van der Waals surface area contributed by atoms with E-state index in [1.165, 1.54) is 17.0 Å². The standard InChI is InChI=1S/C21H22ClF2N3O/c1-13(2)9-10-27(21(28)15-5-4-6-16(23)20(15)24)12-19-25-17-8-7-14(22)11-18(17)26(19)3/h4-8,11,13H,9-10,12H2,1-3H3. The highest BCUT2D eigenvalue weighted by Gasteiger charge is 2.23. The molecule has 0 saturated heterocycles. The fourth-order valence-corrected chi connectivity index (χ4v) is 3.20. The molecule has 0 unspecified atom stereocenters. The number of amides is 1. The molecule has 0 aliphatic heterocycles. The first-order valence-electron chi connectivity index (χ1n) is 9.12. The molecule has 0 aliphatic rings. The molecule has 3 aromatic rings. The molecule has 0 N–H and O–H groups in total. The van der Waals surface area contributed by atoms with Crippen molar-refractivity contribution >= 4 is 28.5 Å². The van der Waals surface area contributed by atoms with Gasteiger partial charge in [0.2, 0.25) is 0 Å². The van der Waals surface area contributed by atoms with Crippen LogP contribution in [0.3, 0.4) is 0 Å². The first-order valence-corrected chi connectivity index (χ1v) is 9.50. The predicted octanol–water partition coefficient (Wildman–Crippen LogP) is 5.19. The Hall–Kier alpha value is -2.47. The molecule has 0 bridgehead atoms. The first kappa shape index (κ1) is 20.3. The van der Waals surface area contributed by atoms with Gasteiger partial charge in [0.25, 0.3) is 5.91 Å². The summed E-state index contributed by atoms with van der Waals surface area (Å²) in [6.45, 7) is 4.69. The molecule has 7 heteroatoms. The van der Waals surface area contributed by atoms with Crippen LogP contribution in [0.15, 0.2) is 36.4 Å². The summed E-state index contributed by atoms with van der Waals surface area (Å²) in [5.41, 5.74) is 1.33. The van der Waals surface area contributed by atoms with Crippen LogP contribution in [-0.2, 0) is 13.6 Å². The maximum atomic E-state index is 14.2. The molecule has 28 heavy (non-hydrogen) atoms. The number of hydrogen-bond acceptors (Lipinski definition) is 2. The zero-order valence-electron chi connectivity index (χ0n) is 16.0. The lowest BCUT2D eigenvalue weighted by molar-refractivity contribution is 0.0724. The lowest BCUT2D eigenvalue weighted by atomic mass is 10.1. The molecule has 0 atom stereocenters. The minimum Gasteiger partial charge on any atom is -0.331 e. The number of imidazole rings is 1. The number of aromatic nitrogens is 2. The Morgan fingerprint density at radius 1 is 1.25 bits per heavy atom. The van der Waals surface area contributed by atoms with Crippen LogP contribution in [-0.4, -0.2) is 26.9 Å². The number of fused-ring (bicyclic) bond motifs is 1. The Labute approximate surface area is 167 Å². The van der Waals surface area contributed by atoms with Crippen molar-refractivity contribution in [1.82, 2.24) is 14.5 Å². The number of carbonyl (C=O) groups is 1. The van der Waals surface area contributed by atoms with Gasteiger partial charge < -0.3 is 9.47 Å². The second kappa shape index (κ2) is 8.27. The van der Waals surface area contributed by atoms with Gasteiger partial charge >= 0.3 is 0 Å². The highest BCUT2D eigenvalue weighted by Crippen LogP contribution is 2.22. The lowest BCUT2D eigenvalue weighted by Gasteiger charge is -2.24. The van der Waals surface area contributed by atoms with Crippen LogP contribution < -0.4 is 0 Å². The van der Waals surface area contributed by atoms with Gasteiger partial charge in [0.05, 0.1) is 23.1 Å². The minimum absolute atomic E-state index is 0.185. The van der Waals surface area contributed by atoms with Crippen LogP contribution in [0.4, 0.5) is 8.78 Å². The zero-order valence-corrected chi connectivity index (χ0v) is 16.8. The number of carbonyl (C=O) groups excluding carboxylic acids is 1. The molecule has 3 rings (SSSR count). The Balaban J connectivity index is 1.95. The molecule has 2 aromatic carbocycles. The monoisotopic (exact) mass is 405 g/mol. The van der Waals surface area contributed by atoms with E-state index in [0.717, 1.165) is 23.5 Å². The summed E-state index contributed by atoms with van der Waals surface area (Å²) in [7, 11) is 1.84. The van der Waals surface area contributed by atoms with Gasteiger partial charge in [-0.2, -0.15) is 0 Å². The highest BCUT2D eigenvalue weighted by molar-refractivity contribution is 6.31. The van der Waals surface area contributed by atoms with Crippen LogP contribution in [0.2, 0.25) is 5.02 Å². The van der Waals surface area contributed by atoms with Gasteiger partial charge in [0, 0.05) is 18.6 Å². The van der Waals surface area contributed by atoms with Crippen LogP contribution in [0.1, 0.15) is 36.5 Å². The summed E-state index contributed by atoms with van der Waals surface area (Å²) in [6.07, 6.45) is 0.735. The van der Waals surface area contributed by atoms with Gasteiger partial charge in [-0.1, -0.05) is 31.5 Å². The van der Waals surface area contributed by atoms with Gasteiger partial charge in [0.1, 0.15) is 5.82 Å². The van der Waals surface area contributed by atoms with E-state index in [2.05, 4.69) is 4.98 Å². The molecule has 0 saturated carbocycles. The number of nitrogens with zero attached hydrogens (tertiary/aromatic N) is 3. The quantitative estimate of drug-likeness (QED) is 0.565. The molecule has 0 radical (unpaired) electrons. The van der Waals surface area contributed by atoms with Crippen LogP contribution in [0, 0.1) is 17.6 Å². The van der Waals surface area contributed by atoms with E-state index in [0.29, 0.717) is 23.3 Å². The molecular weight excluding hydrogens is 384 g/mol. The van der Waals surface area contributed by atoms with Crippen molar-refractivity contribution < 1.29 is 13.6 Å². The highest BCUT2D eigenvalue weighted by atomic mass is 35.5. The van der Waals surface area contributed by atoms with Gasteiger partial charge in [0.15, 0.2) is 11.6 Å². The maximum absolute atomic E-state index is 14.2. The third-order valence-corrected chi connectivity index (χ3v) is 4.95. The molecule has 0 aliphatic carbocycles. The number of halogens is 3. The SMILES string of the molecule is CC(C)CCN(Cc1nc2ccc(Cl)cc2n1C)C(=O)c1cccc(F)c1F. The third-order valence-electron chi connectivity index (χ3n) is 4.71. The normalized spacial score (nSPS) is 11.4. The van der Waals surface area contributed by atoms with Crippen molar-refractivity contribution in [3.63, 3.8) is 0 Å². The largest absolute Gasteiger partial charge is 0.331 e. The van der Waals surface area contributed by atoms with Gasteiger partial charge in [-0.15, -0.1) is 0 Å². The fourth-order valence-electron chi connectivity index (χ4n) is 3.03. The van der Waals surface area contributed by atoms with Crippen molar-refractivity contribution in [2.24, 2.45) is 13.0 Å². The minimum atomic E-state index is -1.13. The van der Waals surface area contributed by atoms with Gasteiger partial charge in [-0.25, -0.2) is 13.8 Å². The van der Waals surface area contributed by atoms with Crippen molar-refractivity contribution in [2.45, 2.75) is 26.8 Å². The van der Waals surface area contributed by atoms with Gasteiger partial charge in [-0.3, -0.25) is 4.79 Å². The predicted molar refractivity (Wildman–Crippen MR) is 106 cm³/mol. The average Bonchev–Trinajstić information content (AvgIpc) is 2.95. The van der Waals surface area contributed by atoms with E-state index in [4.69, 9.17) is 11.6 Å². The third kappa shape index (κ3) is 4.17. The van der Waals surface area contributed by atoms with Crippen LogP contribution >= 0.6 is 11.6 Å². The Morgan fingerprint density at radius 3 is 2.71 bits per heavy atom. The Morgan fingerprint density at radius 2 is 2.00 bits per heavy atom. The smallest absolute Gasteiger partial charge is 0.257 e. The summed E-state index contributed by atoms with van der Waals surface area (Å²) in [5, 5.41) is 0.594. The number of hydrogen-bond donors (Lipinski definition) is 0. The summed E-state index contributed by atoms with van der Waals surface area (Å²) in [5.74, 6) is -1.72. The summed E-state index contributed by atoms with van der Waals surface area (Å²) >= 11 is 6.07. The van der Waals surface area contributed by atoms with E-state index >= 15 is 0 Å². The van der Waals surface area contributed by atoms with E-state index in [1.54, 1.807) is 12.1 Å². The summed E-state index contributed by atoms with van der Waals surface area (Å²) in [6, 6.07) is 9.01. The van der Waals surface area contributed by atoms with Crippen molar-refractivity contribution in [1.29, 1.82) is 0 Å². The lowest BCUT2D eigenvalue weighted by Crippen LogP contribution is -2.34. The van der Waals surface area contributed by atoms with Gasteiger partial charge in [-0.05, 0) is 42.7 Å². The molecule has 148 valence electrons. The topological polar surface area (TPSA) is 38.1 Å². The van der Waals surface area contributed by atoms with Crippen molar-refractivity contribution in [3.05, 3.63) is 64.4 Å². The number of benzene rings is 2. The zero-order chi connectivity index (χ0) is 20.4. The molecular formula is C21H22ClF2N3O. The van der Waals surface area contributed by atoms with E-state index in [9.17, 15) is 13.6 Å².